The van der Waals surface area contributed by atoms with Crippen LogP contribution in [0, 0.1) is 0 Å². The molecule has 0 aromatic carbocycles. The minimum atomic E-state index is -0.781. The van der Waals surface area contributed by atoms with Crippen LogP contribution in [0.1, 0.15) is 26.7 Å². The minimum Gasteiger partial charge on any atom is -0.377 e. The van der Waals surface area contributed by atoms with Crippen molar-refractivity contribution in [3.05, 3.63) is 0 Å². The lowest BCUT2D eigenvalue weighted by molar-refractivity contribution is -0.0140. The lowest BCUT2D eigenvalue weighted by atomic mass is 9.98. The first-order valence-corrected chi connectivity index (χ1v) is 6.67. The molecule has 0 aromatic rings. The van der Waals surface area contributed by atoms with Crippen LogP contribution in [-0.2, 0) is 0 Å². The molecule has 2 aliphatic heterocycles. The Morgan fingerprint density at radius 1 is 1.38 bits per heavy atom. The molecular weight excluding hydrogens is 222 g/mol. The summed E-state index contributed by atoms with van der Waals surface area (Å²) in [5.74, 6) is 0.834. The van der Waals surface area contributed by atoms with Gasteiger partial charge in [-0.25, -0.2) is 0 Å². The van der Waals surface area contributed by atoms with E-state index in [4.69, 9.17) is 5.73 Å². The highest BCUT2D eigenvalue weighted by molar-refractivity contribution is 7.80. The van der Waals surface area contributed by atoms with Crippen molar-refractivity contribution in [2.75, 3.05) is 19.0 Å². The van der Waals surface area contributed by atoms with E-state index in [1.807, 2.05) is 13.8 Å². The molecule has 94 valence electrons. The summed E-state index contributed by atoms with van der Waals surface area (Å²) in [6.07, 6.45) is 1.55. The number of nitrogens with two attached hydrogens (primary N) is 1. The zero-order valence-electron chi connectivity index (χ0n) is 10.1. The van der Waals surface area contributed by atoms with Crippen LogP contribution >= 0.6 is 12.6 Å². The maximum atomic E-state index is 9.69. The molecule has 2 heterocycles. The fraction of sp³-hybridized carbons (Fsp3) is 1.00. The van der Waals surface area contributed by atoms with Crippen LogP contribution < -0.4 is 5.73 Å². The van der Waals surface area contributed by atoms with Gasteiger partial charge in [-0.15, -0.1) is 0 Å². The van der Waals surface area contributed by atoms with Crippen LogP contribution in [0.5, 0.6) is 0 Å². The third-order valence-electron chi connectivity index (χ3n) is 4.34. The number of rotatable bonds is 3. The first-order chi connectivity index (χ1) is 7.48. The highest BCUT2D eigenvalue weighted by atomic mass is 32.1. The van der Waals surface area contributed by atoms with Crippen LogP contribution in [0.15, 0.2) is 0 Å². The molecule has 3 atom stereocenters. The minimum absolute atomic E-state index is 0.327. The average Bonchev–Trinajstić information content (AvgIpc) is 2.76. The van der Waals surface area contributed by atoms with Crippen molar-refractivity contribution < 1.29 is 5.11 Å². The van der Waals surface area contributed by atoms with Crippen molar-refractivity contribution in [3.8, 4) is 0 Å². The Balaban J connectivity index is 2.10. The summed E-state index contributed by atoms with van der Waals surface area (Å²) in [5.41, 5.74) is 5.36. The standard InChI is InChI=1S/C11H23N3OS/c1-11(2,10(12)15)14-6-4-8-9(14)3-5-13(8)7-16/h8-10,15-16H,3-7,12H2,1-2H3. The largest absolute Gasteiger partial charge is 0.377 e. The van der Waals surface area contributed by atoms with E-state index in [9.17, 15) is 5.11 Å². The number of aliphatic hydroxyl groups is 1. The first kappa shape index (κ1) is 12.6. The van der Waals surface area contributed by atoms with Crippen molar-refractivity contribution in [2.24, 2.45) is 5.73 Å². The van der Waals surface area contributed by atoms with Crippen molar-refractivity contribution in [1.29, 1.82) is 0 Å². The van der Waals surface area contributed by atoms with Gasteiger partial charge in [-0.05, 0) is 26.7 Å². The summed E-state index contributed by atoms with van der Waals surface area (Å²) >= 11 is 4.37. The zero-order valence-corrected chi connectivity index (χ0v) is 11.0. The second kappa shape index (κ2) is 4.46. The van der Waals surface area contributed by atoms with Crippen LogP contribution in [-0.4, -0.2) is 57.7 Å². The van der Waals surface area contributed by atoms with Gasteiger partial charge in [-0.2, -0.15) is 12.6 Å². The van der Waals surface area contributed by atoms with Crippen LogP contribution in [0.3, 0.4) is 0 Å². The van der Waals surface area contributed by atoms with Gasteiger partial charge in [0.15, 0.2) is 0 Å². The Kier molecular flexibility index (Phi) is 3.52. The molecule has 0 aromatic heterocycles. The lowest BCUT2D eigenvalue weighted by Crippen LogP contribution is -2.58. The second-order valence-electron chi connectivity index (χ2n) is 5.46. The van der Waals surface area contributed by atoms with Gasteiger partial charge in [0.25, 0.3) is 0 Å². The molecule has 0 aliphatic carbocycles. The van der Waals surface area contributed by atoms with Crippen molar-refractivity contribution in [2.45, 2.75) is 50.5 Å². The van der Waals surface area contributed by atoms with E-state index in [0.717, 1.165) is 19.0 Å². The summed E-state index contributed by atoms with van der Waals surface area (Å²) in [7, 11) is 0. The summed E-state index contributed by atoms with van der Waals surface area (Å²) < 4.78 is 0. The summed E-state index contributed by atoms with van der Waals surface area (Å²) in [5, 5.41) is 9.69. The Morgan fingerprint density at radius 3 is 2.56 bits per heavy atom. The quantitative estimate of drug-likeness (QED) is 0.487. The highest BCUT2D eigenvalue weighted by Crippen LogP contribution is 2.36. The molecule has 2 aliphatic rings. The van der Waals surface area contributed by atoms with E-state index in [1.165, 1.54) is 12.8 Å². The fourth-order valence-corrected chi connectivity index (χ4v) is 3.49. The van der Waals surface area contributed by atoms with Crippen molar-refractivity contribution in [1.82, 2.24) is 9.80 Å². The van der Waals surface area contributed by atoms with E-state index in [0.29, 0.717) is 12.1 Å². The maximum Gasteiger partial charge on any atom is 0.120 e. The van der Waals surface area contributed by atoms with Crippen molar-refractivity contribution >= 4 is 12.6 Å². The molecule has 3 unspecified atom stereocenters. The highest BCUT2D eigenvalue weighted by Gasteiger charge is 2.48. The zero-order chi connectivity index (χ0) is 11.9. The van der Waals surface area contributed by atoms with Crippen LogP contribution in [0.2, 0.25) is 0 Å². The lowest BCUT2D eigenvalue weighted by Gasteiger charge is -2.41. The van der Waals surface area contributed by atoms with Gasteiger partial charge in [0.05, 0.1) is 5.54 Å². The number of fused-ring (bicyclic) bond motifs is 1. The first-order valence-electron chi connectivity index (χ1n) is 6.03. The average molecular weight is 245 g/mol. The monoisotopic (exact) mass is 245 g/mol. The molecule has 0 radical (unpaired) electrons. The molecule has 2 fully saturated rings. The Labute approximate surface area is 103 Å². The van der Waals surface area contributed by atoms with Gasteiger partial charge in [-0.3, -0.25) is 9.80 Å². The summed E-state index contributed by atoms with van der Waals surface area (Å²) in [4.78, 5) is 4.80. The van der Waals surface area contributed by atoms with Crippen LogP contribution in [0.4, 0.5) is 0 Å². The molecule has 4 nitrogen and oxygen atoms in total. The molecule has 2 rings (SSSR count). The Bertz CT molecular complexity index is 260. The second-order valence-corrected chi connectivity index (χ2v) is 5.74. The number of aliphatic hydroxyl groups excluding tert-OH is 1. The van der Waals surface area contributed by atoms with Crippen LogP contribution in [0.25, 0.3) is 0 Å². The normalized spacial score (nSPS) is 34.3. The predicted octanol–water partition coefficient (Wildman–Crippen LogP) is 0.0780. The smallest absolute Gasteiger partial charge is 0.120 e. The molecule has 0 saturated carbocycles. The summed E-state index contributed by atoms with van der Waals surface area (Å²) in [6, 6.07) is 1.15. The van der Waals surface area contributed by atoms with E-state index < -0.39 is 6.23 Å². The maximum absolute atomic E-state index is 9.69. The third kappa shape index (κ3) is 1.88. The molecule has 0 amide bonds. The SMILES string of the molecule is CC(C)(C(N)O)N1CCC2C1CCN2CS. The number of hydrogen-bond donors (Lipinski definition) is 3. The molecule has 3 N–H and O–H groups in total. The number of nitrogens with zero attached hydrogens (tertiary/aromatic N) is 2. The predicted molar refractivity (Wildman–Crippen MR) is 68.3 cm³/mol. The topological polar surface area (TPSA) is 52.7 Å². The van der Waals surface area contributed by atoms with E-state index >= 15 is 0 Å². The van der Waals surface area contributed by atoms with Gasteiger partial charge >= 0.3 is 0 Å². The number of hydrogen-bond acceptors (Lipinski definition) is 5. The van der Waals surface area contributed by atoms with Gasteiger partial charge < -0.3 is 10.8 Å². The van der Waals surface area contributed by atoms with Gasteiger partial charge in [0.1, 0.15) is 6.23 Å². The third-order valence-corrected chi connectivity index (χ3v) is 4.70. The van der Waals surface area contributed by atoms with Gasteiger partial charge in [0.2, 0.25) is 0 Å². The molecule has 16 heavy (non-hydrogen) atoms. The Morgan fingerprint density at radius 2 is 2.00 bits per heavy atom. The molecular formula is C11H23N3OS. The molecule has 2 saturated heterocycles. The van der Waals surface area contributed by atoms with E-state index in [-0.39, 0.29) is 5.54 Å². The van der Waals surface area contributed by atoms with Crippen molar-refractivity contribution in [3.63, 3.8) is 0 Å². The molecule has 0 bridgehead atoms. The van der Waals surface area contributed by atoms with Gasteiger partial charge in [-0.1, -0.05) is 0 Å². The fourth-order valence-electron chi connectivity index (χ4n) is 3.14. The summed E-state index contributed by atoms with van der Waals surface area (Å²) in [6.45, 7) is 6.21. The Hall–Kier alpha value is 0.190. The van der Waals surface area contributed by atoms with Gasteiger partial charge in [0, 0.05) is 31.0 Å². The molecule has 0 spiro atoms. The van der Waals surface area contributed by atoms with E-state index in [2.05, 4.69) is 22.4 Å². The number of likely N-dealkylation sites (tertiary alicyclic amines) is 2. The van der Waals surface area contributed by atoms with E-state index in [1.54, 1.807) is 0 Å². The number of thiol groups is 1. The molecule has 5 heteroatoms.